The molecule has 0 amide bonds. The van der Waals surface area contributed by atoms with Crippen molar-refractivity contribution in [3.8, 4) is 0 Å². The van der Waals surface area contributed by atoms with Gasteiger partial charge < -0.3 is 5.11 Å². The molecule has 0 bridgehead atoms. The van der Waals surface area contributed by atoms with Gasteiger partial charge in [-0.2, -0.15) is 4.37 Å². The van der Waals surface area contributed by atoms with Gasteiger partial charge in [-0.25, -0.2) is 0 Å². The Morgan fingerprint density at radius 3 is 2.87 bits per heavy atom. The van der Waals surface area contributed by atoms with Crippen LogP contribution in [-0.4, -0.2) is 9.48 Å². The lowest BCUT2D eigenvalue weighted by molar-refractivity contribution is 0.0597. The molecular formula is C12H17NOS. The zero-order chi connectivity index (χ0) is 10.9. The van der Waals surface area contributed by atoms with Crippen molar-refractivity contribution in [3.05, 3.63) is 29.3 Å². The molecule has 0 aliphatic heterocycles. The Morgan fingerprint density at radius 2 is 2.40 bits per heavy atom. The van der Waals surface area contributed by atoms with Gasteiger partial charge in [-0.05, 0) is 42.3 Å². The summed E-state index contributed by atoms with van der Waals surface area (Å²) in [5.41, 5.74) is -0.0169. The predicted molar refractivity (Wildman–Crippen MR) is 62.7 cm³/mol. The fourth-order valence-corrected chi connectivity index (χ4v) is 2.64. The first kappa shape index (κ1) is 10.8. The molecule has 1 aromatic rings. The summed E-state index contributed by atoms with van der Waals surface area (Å²) < 4.78 is 4.22. The molecule has 0 aromatic carbocycles. The summed E-state index contributed by atoms with van der Waals surface area (Å²) >= 11 is 1.39. The lowest BCUT2D eigenvalue weighted by Gasteiger charge is -2.31. The second kappa shape index (κ2) is 4.06. The second-order valence-corrected chi connectivity index (χ2v) is 5.28. The molecule has 3 heteroatoms. The van der Waals surface area contributed by atoms with Crippen LogP contribution in [0.5, 0.6) is 0 Å². The van der Waals surface area contributed by atoms with Crippen molar-refractivity contribution in [2.24, 2.45) is 11.8 Å². The van der Waals surface area contributed by atoms with Crippen LogP contribution in [0.15, 0.2) is 23.6 Å². The molecule has 1 aromatic heterocycles. The first-order valence-corrected chi connectivity index (χ1v) is 6.28. The molecule has 2 unspecified atom stereocenters. The minimum atomic E-state index is -0.814. The van der Waals surface area contributed by atoms with E-state index in [1.807, 2.05) is 17.5 Å². The monoisotopic (exact) mass is 223 g/mol. The van der Waals surface area contributed by atoms with Crippen LogP contribution in [0.2, 0.25) is 0 Å². The molecule has 82 valence electrons. The molecule has 2 nitrogen and oxygen atoms in total. The van der Waals surface area contributed by atoms with E-state index in [4.69, 9.17) is 0 Å². The van der Waals surface area contributed by atoms with Gasteiger partial charge in [0.1, 0.15) is 5.60 Å². The lowest BCUT2D eigenvalue weighted by atomic mass is 9.79. The highest BCUT2D eigenvalue weighted by molar-refractivity contribution is 7.03. The standard InChI is InChI=1S/C12H17NOS/c1-9(2)10-3-6-12(14,7-4-10)11-5-8-15-13-11/h3,5-6,8-10,14H,4,7H2,1-2H3. The van der Waals surface area contributed by atoms with Crippen molar-refractivity contribution in [2.45, 2.75) is 32.3 Å². The Hall–Kier alpha value is -0.670. The fraction of sp³-hybridized carbons (Fsp3) is 0.583. The summed E-state index contributed by atoms with van der Waals surface area (Å²) in [4.78, 5) is 0. The van der Waals surface area contributed by atoms with Gasteiger partial charge in [-0.3, -0.25) is 0 Å². The van der Waals surface area contributed by atoms with E-state index in [0.29, 0.717) is 11.8 Å². The van der Waals surface area contributed by atoms with Gasteiger partial charge in [0.25, 0.3) is 0 Å². The number of aromatic nitrogens is 1. The van der Waals surface area contributed by atoms with Crippen LogP contribution in [0.1, 0.15) is 32.4 Å². The molecule has 15 heavy (non-hydrogen) atoms. The Kier molecular flexibility index (Phi) is 2.94. The summed E-state index contributed by atoms with van der Waals surface area (Å²) in [5.74, 6) is 1.25. The lowest BCUT2D eigenvalue weighted by Crippen LogP contribution is -2.28. The van der Waals surface area contributed by atoms with Gasteiger partial charge in [0.2, 0.25) is 0 Å². The molecule has 1 aliphatic carbocycles. The molecule has 1 aliphatic rings. The summed E-state index contributed by atoms with van der Waals surface area (Å²) in [5, 5.41) is 12.3. The van der Waals surface area contributed by atoms with E-state index in [-0.39, 0.29) is 0 Å². The maximum atomic E-state index is 10.4. The Balaban J connectivity index is 2.17. The third-order valence-corrected chi connectivity index (χ3v) is 3.78. The predicted octanol–water partition coefficient (Wildman–Crippen LogP) is 2.95. The van der Waals surface area contributed by atoms with Crippen molar-refractivity contribution in [1.82, 2.24) is 4.37 Å². The highest BCUT2D eigenvalue weighted by Gasteiger charge is 2.32. The van der Waals surface area contributed by atoms with Crippen molar-refractivity contribution in [3.63, 3.8) is 0 Å². The van der Waals surface area contributed by atoms with Gasteiger partial charge in [0.05, 0.1) is 5.69 Å². The molecule has 0 radical (unpaired) electrons. The third kappa shape index (κ3) is 2.13. The number of hydrogen-bond donors (Lipinski definition) is 1. The zero-order valence-corrected chi connectivity index (χ0v) is 10.00. The average molecular weight is 223 g/mol. The van der Waals surface area contributed by atoms with Crippen LogP contribution in [0.3, 0.4) is 0 Å². The number of aliphatic hydroxyl groups is 1. The minimum absolute atomic E-state index is 0.601. The van der Waals surface area contributed by atoms with E-state index in [1.54, 1.807) is 0 Å². The van der Waals surface area contributed by atoms with Gasteiger partial charge in [0, 0.05) is 5.38 Å². The highest BCUT2D eigenvalue weighted by atomic mass is 32.1. The van der Waals surface area contributed by atoms with E-state index in [0.717, 1.165) is 18.5 Å². The van der Waals surface area contributed by atoms with Gasteiger partial charge in [-0.1, -0.05) is 26.0 Å². The Bertz CT molecular complexity index is 345. The molecular weight excluding hydrogens is 206 g/mol. The Morgan fingerprint density at radius 1 is 1.60 bits per heavy atom. The average Bonchev–Trinajstić information content (AvgIpc) is 2.71. The molecule has 2 atom stereocenters. The first-order valence-electron chi connectivity index (χ1n) is 5.44. The summed E-state index contributed by atoms with van der Waals surface area (Å²) in [6.45, 7) is 4.45. The van der Waals surface area contributed by atoms with Crippen LogP contribution >= 0.6 is 11.5 Å². The molecule has 0 spiro atoms. The smallest absolute Gasteiger partial charge is 0.126 e. The molecule has 2 rings (SSSR count). The van der Waals surface area contributed by atoms with E-state index in [1.165, 1.54) is 11.5 Å². The van der Waals surface area contributed by atoms with Crippen molar-refractivity contribution < 1.29 is 5.11 Å². The quantitative estimate of drug-likeness (QED) is 0.782. The Labute approximate surface area is 94.8 Å². The van der Waals surface area contributed by atoms with Gasteiger partial charge >= 0.3 is 0 Å². The van der Waals surface area contributed by atoms with Crippen LogP contribution in [0, 0.1) is 11.8 Å². The highest BCUT2D eigenvalue weighted by Crippen LogP contribution is 2.36. The minimum Gasteiger partial charge on any atom is -0.379 e. The number of rotatable bonds is 2. The summed E-state index contributed by atoms with van der Waals surface area (Å²) in [6, 6.07) is 1.91. The molecule has 1 N–H and O–H groups in total. The maximum Gasteiger partial charge on any atom is 0.126 e. The van der Waals surface area contributed by atoms with Crippen LogP contribution in [0.4, 0.5) is 0 Å². The third-order valence-electron chi connectivity index (χ3n) is 3.22. The second-order valence-electron chi connectivity index (χ2n) is 4.61. The molecule has 0 saturated carbocycles. The van der Waals surface area contributed by atoms with E-state index < -0.39 is 5.60 Å². The summed E-state index contributed by atoms with van der Waals surface area (Å²) in [6.07, 6.45) is 5.90. The maximum absolute atomic E-state index is 10.4. The summed E-state index contributed by atoms with van der Waals surface area (Å²) in [7, 11) is 0. The normalized spacial score (nSPS) is 31.1. The fourth-order valence-electron chi connectivity index (χ4n) is 2.05. The SMILES string of the molecule is CC(C)C1C=CC(O)(c2ccsn2)CC1. The van der Waals surface area contributed by atoms with Crippen molar-refractivity contribution >= 4 is 11.5 Å². The number of allylic oxidation sites excluding steroid dienone is 1. The van der Waals surface area contributed by atoms with Gasteiger partial charge in [0.15, 0.2) is 0 Å². The van der Waals surface area contributed by atoms with E-state index in [9.17, 15) is 5.11 Å². The van der Waals surface area contributed by atoms with Crippen LogP contribution in [0.25, 0.3) is 0 Å². The molecule has 0 fully saturated rings. The number of hydrogen-bond acceptors (Lipinski definition) is 3. The topological polar surface area (TPSA) is 33.1 Å². The van der Waals surface area contributed by atoms with E-state index in [2.05, 4.69) is 24.3 Å². The van der Waals surface area contributed by atoms with Crippen molar-refractivity contribution in [1.29, 1.82) is 0 Å². The molecule has 1 heterocycles. The van der Waals surface area contributed by atoms with Crippen LogP contribution in [-0.2, 0) is 5.60 Å². The van der Waals surface area contributed by atoms with Gasteiger partial charge in [-0.15, -0.1) is 0 Å². The van der Waals surface area contributed by atoms with Crippen LogP contribution < -0.4 is 0 Å². The molecule has 0 saturated heterocycles. The number of nitrogens with zero attached hydrogens (tertiary/aromatic N) is 1. The zero-order valence-electron chi connectivity index (χ0n) is 9.18. The largest absolute Gasteiger partial charge is 0.379 e. The first-order chi connectivity index (χ1) is 7.12. The van der Waals surface area contributed by atoms with E-state index >= 15 is 0 Å². The van der Waals surface area contributed by atoms with Crippen molar-refractivity contribution in [2.75, 3.05) is 0 Å².